The number of pyridine rings is 1. The van der Waals surface area contributed by atoms with Gasteiger partial charge in [-0.2, -0.15) is 5.10 Å². The van der Waals surface area contributed by atoms with Gasteiger partial charge in [0.2, 0.25) is 0 Å². The molecule has 2 aromatic rings. The Morgan fingerprint density at radius 1 is 1.38 bits per heavy atom. The van der Waals surface area contributed by atoms with Crippen LogP contribution < -0.4 is 11.1 Å². The molecule has 0 saturated heterocycles. The maximum atomic E-state index is 12.4. The molecule has 2 aromatic heterocycles. The van der Waals surface area contributed by atoms with Gasteiger partial charge in [-0.1, -0.05) is 19.3 Å². The Morgan fingerprint density at radius 2 is 2.12 bits per heavy atom. The Hall–Kier alpha value is -2.97. The minimum absolute atomic E-state index is 0.0272. The van der Waals surface area contributed by atoms with Gasteiger partial charge in [-0.3, -0.25) is 14.9 Å². The normalized spacial score (nSPS) is 15.2. The van der Waals surface area contributed by atoms with Gasteiger partial charge in [0.05, 0.1) is 22.7 Å². The molecule has 0 aliphatic heterocycles. The first-order valence-electron chi connectivity index (χ1n) is 7.81. The topological polar surface area (TPSA) is 129 Å². The highest BCUT2D eigenvalue weighted by Gasteiger charge is 2.21. The number of nitrogens with two attached hydrogens (primary N) is 1. The number of hydrogen-bond acceptors (Lipinski definition) is 6. The molecule has 126 valence electrons. The van der Waals surface area contributed by atoms with Gasteiger partial charge in [-0.25, -0.2) is 9.67 Å². The summed E-state index contributed by atoms with van der Waals surface area (Å²) in [5.41, 5.74) is 5.37. The van der Waals surface area contributed by atoms with Gasteiger partial charge in [-0.15, -0.1) is 0 Å². The van der Waals surface area contributed by atoms with Gasteiger partial charge in [0.15, 0.2) is 0 Å². The predicted octanol–water partition coefficient (Wildman–Crippen LogP) is 2.53. The summed E-state index contributed by atoms with van der Waals surface area (Å²) in [6.07, 6.45) is 8.18. The van der Waals surface area contributed by atoms with Gasteiger partial charge in [0, 0.05) is 12.1 Å². The molecule has 2 heterocycles. The lowest BCUT2D eigenvalue weighted by Gasteiger charge is -2.23. The number of nitrogen functional groups attached to an aromatic ring is 1. The molecular formula is C15H18N6O3. The third-order valence-electron chi connectivity index (χ3n) is 4.19. The van der Waals surface area contributed by atoms with Crippen molar-refractivity contribution in [2.24, 2.45) is 0 Å². The first-order valence-corrected chi connectivity index (χ1v) is 7.81. The monoisotopic (exact) mass is 330 g/mol. The van der Waals surface area contributed by atoms with Crippen LogP contribution in [0.25, 0.3) is 0 Å². The van der Waals surface area contributed by atoms with Gasteiger partial charge < -0.3 is 11.1 Å². The molecule has 24 heavy (non-hydrogen) atoms. The van der Waals surface area contributed by atoms with Crippen LogP contribution in [0, 0.1) is 10.1 Å². The van der Waals surface area contributed by atoms with Crippen molar-refractivity contribution in [3.05, 3.63) is 40.2 Å². The maximum absolute atomic E-state index is 12.4. The molecule has 0 spiro atoms. The van der Waals surface area contributed by atoms with Crippen LogP contribution >= 0.6 is 0 Å². The van der Waals surface area contributed by atoms with Crippen LogP contribution in [0.1, 0.15) is 48.5 Å². The molecule has 0 bridgehead atoms. The van der Waals surface area contributed by atoms with E-state index in [-0.39, 0.29) is 23.1 Å². The summed E-state index contributed by atoms with van der Waals surface area (Å²) in [5, 5.41) is 17.9. The number of nitrogens with one attached hydrogen (secondary N) is 1. The van der Waals surface area contributed by atoms with Crippen LogP contribution in [0.4, 0.5) is 17.3 Å². The zero-order chi connectivity index (χ0) is 17.1. The molecule has 3 N–H and O–H groups in total. The third-order valence-corrected chi connectivity index (χ3v) is 4.19. The molecule has 1 aliphatic rings. The van der Waals surface area contributed by atoms with Crippen LogP contribution in [0.3, 0.4) is 0 Å². The van der Waals surface area contributed by atoms with Crippen molar-refractivity contribution in [3.8, 4) is 0 Å². The van der Waals surface area contributed by atoms with E-state index in [0.717, 1.165) is 37.9 Å². The Morgan fingerprint density at radius 3 is 2.83 bits per heavy atom. The van der Waals surface area contributed by atoms with Crippen molar-refractivity contribution in [1.29, 1.82) is 0 Å². The zero-order valence-corrected chi connectivity index (χ0v) is 13.0. The minimum Gasteiger partial charge on any atom is -0.383 e. The van der Waals surface area contributed by atoms with Crippen LogP contribution in [-0.2, 0) is 0 Å². The van der Waals surface area contributed by atoms with Crippen LogP contribution in [0.5, 0.6) is 0 Å². The molecular weight excluding hydrogens is 312 g/mol. The zero-order valence-electron chi connectivity index (χ0n) is 13.0. The fraction of sp³-hybridized carbons (Fsp3) is 0.400. The number of anilines is 2. The quantitative estimate of drug-likeness (QED) is 0.654. The Balaban J connectivity index is 1.82. The summed E-state index contributed by atoms with van der Waals surface area (Å²) in [4.78, 5) is 26.4. The number of nitrogens with zero attached hydrogens (tertiary/aromatic N) is 4. The molecule has 9 nitrogen and oxygen atoms in total. The molecule has 0 atom stereocenters. The largest absolute Gasteiger partial charge is 0.383 e. The standard InChI is InChI=1S/C15H18N6O3/c16-14-12(8-11(9-17-14)21(23)24)15(22)19-13-6-7-18-20(13)10-4-2-1-3-5-10/h6-10H,1-5H2,(H2,16,17)(H,19,22). The lowest BCUT2D eigenvalue weighted by atomic mass is 9.96. The van der Waals surface area contributed by atoms with E-state index >= 15 is 0 Å². The van der Waals surface area contributed by atoms with Crippen LogP contribution in [0.15, 0.2) is 24.5 Å². The van der Waals surface area contributed by atoms with E-state index in [2.05, 4.69) is 15.4 Å². The van der Waals surface area contributed by atoms with E-state index in [1.54, 1.807) is 16.9 Å². The van der Waals surface area contributed by atoms with E-state index in [0.29, 0.717) is 5.82 Å². The second-order valence-electron chi connectivity index (χ2n) is 5.79. The maximum Gasteiger partial charge on any atom is 0.288 e. The molecule has 1 fully saturated rings. The highest BCUT2D eigenvalue weighted by molar-refractivity contribution is 6.07. The van der Waals surface area contributed by atoms with Gasteiger partial charge >= 0.3 is 0 Å². The highest BCUT2D eigenvalue weighted by atomic mass is 16.6. The third kappa shape index (κ3) is 3.19. The van der Waals surface area contributed by atoms with Crippen molar-refractivity contribution in [2.45, 2.75) is 38.1 Å². The first kappa shape index (κ1) is 15.9. The number of amides is 1. The molecule has 3 rings (SSSR count). The molecule has 1 aliphatic carbocycles. The molecule has 1 amide bonds. The van der Waals surface area contributed by atoms with Gasteiger partial charge in [0.25, 0.3) is 11.6 Å². The number of nitro groups is 1. The SMILES string of the molecule is Nc1ncc([N+](=O)[O-])cc1C(=O)Nc1ccnn1C1CCCCC1. The minimum atomic E-state index is -0.616. The summed E-state index contributed by atoms with van der Waals surface area (Å²) in [7, 11) is 0. The molecule has 0 radical (unpaired) electrons. The fourth-order valence-electron chi connectivity index (χ4n) is 2.96. The Labute approximate surface area is 138 Å². The summed E-state index contributed by atoms with van der Waals surface area (Å²) < 4.78 is 1.80. The summed E-state index contributed by atoms with van der Waals surface area (Å²) >= 11 is 0. The Bertz CT molecular complexity index is 766. The van der Waals surface area contributed by atoms with Gasteiger partial charge in [0.1, 0.15) is 17.8 Å². The van der Waals surface area contributed by atoms with Crippen molar-refractivity contribution in [2.75, 3.05) is 11.1 Å². The fourth-order valence-corrected chi connectivity index (χ4v) is 2.96. The van der Waals surface area contributed by atoms with Crippen LogP contribution in [0.2, 0.25) is 0 Å². The summed E-state index contributed by atoms with van der Waals surface area (Å²) in [6, 6.07) is 3.08. The van der Waals surface area contributed by atoms with Crippen LogP contribution in [-0.4, -0.2) is 25.6 Å². The molecule has 9 heteroatoms. The van der Waals surface area contributed by atoms with E-state index < -0.39 is 10.8 Å². The average Bonchev–Trinajstić information content (AvgIpc) is 3.03. The first-order chi connectivity index (χ1) is 11.6. The molecule has 1 saturated carbocycles. The second kappa shape index (κ2) is 6.65. The second-order valence-corrected chi connectivity index (χ2v) is 5.79. The highest BCUT2D eigenvalue weighted by Crippen LogP contribution is 2.30. The summed E-state index contributed by atoms with van der Waals surface area (Å²) in [5.74, 6) is -0.0408. The smallest absolute Gasteiger partial charge is 0.288 e. The number of carbonyl (C=O) groups excluding carboxylic acids is 1. The van der Waals surface area contributed by atoms with E-state index in [4.69, 9.17) is 5.73 Å². The van der Waals surface area contributed by atoms with E-state index in [1.807, 2.05) is 0 Å². The summed E-state index contributed by atoms with van der Waals surface area (Å²) in [6.45, 7) is 0. The Kier molecular flexibility index (Phi) is 4.41. The number of carbonyl (C=O) groups is 1. The average molecular weight is 330 g/mol. The van der Waals surface area contributed by atoms with Crippen molar-refractivity contribution >= 4 is 23.2 Å². The molecule has 0 aromatic carbocycles. The lowest BCUT2D eigenvalue weighted by Crippen LogP contribution is -2.21. The van der Waals surface area contributed by atoms with Crippen molar-refractivity contribution < 1.29 is 9.72 Å². The molecule has 0 unspecified atom stereocenters. The number of rotatable bonds is 4. The number of aromatic nitrogens is 3. The number of hydrogen-bond donors (Lipinski definition) is 2. The van der Waals surface area contributed by atoms with Crippen molar-refractivity contribution in [1.82, 2.24) is 14.8 Å². The van der Waals surface area contributed by atoms with Gasteiger partial charge in [-0.05, 0) is 12.8 Å². The van der Waals surface area contributed by atoms with E-state index in [1.165, 1.54) is 6.42 Å². The van der Waals surface area contributed by atoms with Crippen molar-refractivity contribution in [3.63, 3.8) is 0 Å². The predicted molar refractivity (Wildman–Crippen MR) is 87.6 cm³/mol. The lowest BCUT2D eigenvalue weighted by molar-refractivity contribution is -0.385. The van der Waals surface area contributed by atoms with E-state index in [9.17, 15) is 14.9 Å².